The number of nitrogens with zero attached hydrogens (tertiary/aromatic N) is 3. The fourth-order valence-corrected chi connectivity index (χ4v) is 4.34. The number of aliphatic carboxylic acids is 1. The Labute approximate surface area is 213 Å². The van der Waals surface area contributed by atoms with E-state index in [1.54, 1.807) is 24.3 Å². The number of hydrogen-bond donors (Lipinski definition) is 1. The Hall–Kier alpha value is -4.66. The summed E-state index contributed by atoms with van der Waals surface area (Å²) in [5.74, 6) is 0.0932. The average molecular weight is 500 g/mol. The molecular formula is C28H25N3O6. The van der Waals surface area contributed by atoms with E-state index in [9.17, 15) is 14.7 Å². The number of likely N-dealkylation sites (tertiary alicyclic amines) is 1. The summed E-state index contributed by atoms with van der Waals surface area (Å²) < 4.78 is 16.5. The predicted molar refractivity (Wildman–Crippen MR) is 133 cm³/mol. The highest BCUT2D eigenvalue weighted by atomic mass is 16.6. The summed E-state index contributed by atoms with van der Waals surface area (Å²) in [6.07, 6.45) is -0.0296. The van der Waals surface area contributed by atoms with E-state index in [-0.39, 0.29) is 19.1 Å². The van der Waals surface area contributed by atoms with Crippen molar-refractivity contribution in [3.63, 3.8) is 0 Å². The van der Waals surface area contributed by atoms with Gasteiger partial charge in [0.2, 0.25) is 5.82 Å². The lowest BCUT2D eigenvalue weighted by Crippen LogP contribution is -2.32. The molecular weight excluding hydrogens is 474 g/mol. The van der Waals surface area contributed by atoms with Gasteiger partial charge in [-0.1, -0.05) is 53.7 Å². The van der Waals surface area contributed by atoms with E-state index in [4.69, 9.17) is 14.0 Å². The molecule has 2 heterocycles. The van der Waals surface area contributed by atoms with Crippen molar-refractivity contribution in [1.29, 1.82) is 0 Å². The van der Waals surface area contributed by atoms with Gasteiger partial charge in [-0.2, -0.15) is 4.98 Å². The summed E-state index contributed by atoms with van der Waals surface area (Å²) in [6.45, 7) is 0.572. The van der Waals surface area contributed by atoms with Gasteiger partial charge in [0.25, 0.3) is 5.89 Å². The van der Waals surface area contributed by atoms with Crippen LogP contribution in [0.4, 0.5) is 4.79 Å². The highest BCUT2D eigenvalue weighted by molar-refractivity contribution is 5.75. The minimum atomic E-state index is -0.921. The first-order chi connectivity index (χ1) is 18.0. The SMILES string of the molecule is O=C(O)[C@@H]1CN(C(=O)Oc2ccccc2)C[C@H]1Cc1ccc(OCc2noc(-c3ccccc3)n2)cc1. The maximum atomic E-state index is 12.6. The van der Waals surface area contributed by atoms with Crippen LogP contribution in [0.3, 0.4) is 0 Å². The molecule has 0 bridgehead atoms. The maximum Gasteiger partial charge on any atom is 0.415 e. The van der Waals surface area contributed by atoms with Crippen molar-refractivity contribution in [2.45, 2.75) is 13.0 Å². The standard InChI is InChI=1S/C28H25N3O6/c32-27(33)24-17-31(28(34)36-23-9-5-2-6-10-23)16-21(24)15-19-11-13-22(14-12-19)35-18-25-29-26(37-30-25)20-7-3-1-4-8-20/h1-14,21,24H,15-18H2,(H,32,33)/t21-,24-/m1/s1. The van der Waals surface area contributed by atoms with Gasteiger partial charge >= 0.3 is 12.1 Å². The van der Waals surface area contributed by atoms with Gasteiger partial charge in [-0.3, -0.25) is 4.79 Å². The van der Waals surface area contributed by atoms with Gasteiger partial charge in [-0.25, -0.2) is 4.79 Å². The molecule has 1 fully saturated rings. The summed E-state index contributed by atoms with van der Waals surface area (Å²) in [7, 11) is 0. The number of carboxylic acids is 1. The Bertz CT molecular complexity index is 1340. The largest absolute Gasteiger partial charge is 0.485 e. The fourth-order valence-electron chi connectivity index (χ4n) is 4.34. The highest BCUT2D eigenvalue weighted by Crippen LogP contribution is 2.29. The van der Waals surface area contributed by atoms with Crippen molar-refractivity contribution in [1.82, 2.24) is 15.0 Å². The Balaban J connectivity index is 1.16. The molecule has 1 saturated heterocycles. The van der Waals surface area contributed by atoms with Gasteiger partial charge < -0.3 is 24.0 Å². The van der Waals surface area contributed by atoms with E-state index in [0.29, 0.717) is 36.2 Å². The van der Waals surface area contributed by atoms with Crippen LogP contribution in [0.2, 0.25) is 0 Å². The van der Waals surface area contributed by atoms with Gasteiger partial charge in [0, 0.05) is 18.7 Å². The molecule has 0 saturated carbocycles. The summed E-state index contributed by atoms with van der Waals surface area (Å²) in [4.78, 5) is 30.3. The first-order valence-corrected chi connectivity index (χ1v) is 11.9. The zero-order valence-electron chi connectivity index (χ0n) is 19.9. The molecule has 3 aromatic carbocycles. The van der Waals surface area contributed by atoms with Gasteiger partial charge in [0.1, 0.15) is 11.5 Å². The molecule has 0 spiro atoms. The zero-order chi connectivity index (χ0) is 25.6. The number of benzene rings is 3. The van der Waals surface area contributed by atoms with Gasteiger partial charge in [0.15, 0.2) is 6.61 Å². The van der Waals surface area contributed by atoms with Crippen LogP contribution in [0.15, 0.2) is 89.5 Å². The average Bonchev–Trinajstić information content (AvgIpc) is 3.57. The first-order valence-electron chi connectivity index (χ1n) is 11.9. The van der Waals surface area contributed by atoms with Gasteiger partial charge in [-0.05, 0) is 54.3 Å². The predicted octanol–water partition coefficient (Wildman–Crippen LogP) is 4.69. The van der Waals surface area contributed by atoms with Crippen LogP contribution >= 0.6 is 0 Å². The Morgan fingerprint density at radius 2 is 1.62 bits per heavy atom. The second kappa shape index (κ2) is 10.9. The normalized spacial score (nSPS) is 16.9. The number of ether oxygens (including phenoxy) is 2. The molecule has 0 radical (unpaired) electrons. The van der Waals surface area contributed by atoms with E-state index in [2.05, 4.69) is 10.1 Å². The number of carbonyl (C=O) groups excluding carboxylic acids is 1. The molecule has 9 nitrogen and oxygen atoms in total. The molecule has 1 aromatic heterocycles. The molecule has 1 aliphatic heterocycles. The second-order valence-corrected chi connectivity index (χ2v) is 8.81. The summed E-state index contributed by atoms with van der Waals surface area (Å²) in [6, 6.07) is 25.7. The molecule has 9 heteroatoms. The van der Waals surface area contributed by atoms with E-state index in [0.717, 1.165) is 11.1 Å². The molecule has 2 atom stereocenters. The van der Waals surface area contributed by atoms with Crippen molar-refractivity contribution in [2.75, 3.05) is 13.1 Å². The lowest BCUT2D eigenvalue weighted by atomic mass is 9.90. The smallest absolute Gasteiger partial charge is 0.415 e. The van der Waals surface area contributed by atoms with E-state index >= 15 is 0 Å². The van der Waals surface area contributed by atoms with E-state index in [1.165, 1.54) is 4.90 Å². The maximum absolute atomic E-state index is 12.6. The molecule has 1 amide bonds. The van der Waals surface area contributed by atoms with Gasteiger partial charge in [-0.15, -0.1) is 0 Å². The Kier molecular flexibility index (Phi) is 7.12. The number of hydrogen-bond acceptors (Lipinski definition) is 7. The monoisotopic (exact) mass is 499 g/mol. The highest BCUT2D eigenvalue weighted by Gasteiger charge is 2.40. The van der Waals surface area contributed by atoms with Crippen LogP contribution in [0.25, 0.3) is 11.5 Å². The minimum Gasteiger partial charge on any atom is -0.485 e. The molecule has 188 valence electrons. The minimum absolute atomic E-state index is 0.114. The second-order valence-electron chi connectivity index (χ2n) is 8.81. The summed E-state index contributed by atoms with van der Waals surface area (Å²) in [5, 5.41) is 13.7. The number of carbonyl (C=O) groups is 2. The molecule has 1 aliphatic rings. The number of para-hydroxylation sites is 1. The third kappa shape index (κ3) is 5.95. The van der Waals surface area contributed by atoms with Gasteiger partial charge in [0.05, 0.1) is 5.92 Å². The Morgan fingerprint density at radius 3 is 2.32 bits per heavy atom. The number of amides is 1. The lowest BCUT2D eigenvalue weighted by Gasteiger charge is -2.16. The molecule has 37 heavy (non-hydrogen) atoms. The number of aromatic nitrogens is 2. The van der Waals surface area contributed by atoms with Crippen LogP contribution in [0, 0.1) is 11.8 Å². The van der Waals surface area contributed by atoms with Crippen LogP contribution < -0.4 is 9.47 Å². The molecule has 5 rings (SSSR count). The summed E-state index contributed by atoms with van der Waals surface area (Å²) in [5.41, 5.74) is 1.79. The first kappa shape index (κ1) is 24.1. The third-order valence-corrected chi connectivity index (χ3v) is 6.24. The van der Waals surface area contributed by atoms with Crippen LogP contribution in [0.5, 0.6) is 11.5 Å². The molecule has 0 aliphatic carbocycles. The van der Waals surface area contributed by atoms with Crippen molar-refractivity contribution in [3.05, 3.63) is 96.3 Å². The zero-order valence-corrected chi connectivity index (χ0v) is 19.9. The van der Waals surface area contributed by atoms with E-state index in [1.807, 2.05) is 60.7 Å². The van der Waals surface area contributed by atoms with Crippen LogP contribution in [0.1, 0.15) is 11.4 Å². The van der Waals surface area contributed by atoms with Crippen LogP contribution in [-0.2, 0) is 17.8 Å². The Morgan fingerprint density at radius 1 is 0.919 bits per heavy atom. The quantitative estimate of drug-likeness (QED) is 0.371. The van der Waals surface area contributed by atoms with Crippen molar-refractivity contribution in [2.24, 2.45) is 11.8 Å². The summed E-state index contributed by atoms with van der Waals surface area (Å²) >= 11 is 0. The van der Waals surface area contributed by atoms with Crippen LogP contribution in [-0.4, -0.2) is 45.3 Å². The fraction of sp³-hybridized carbons (Fsp3) is 0.214. The molecule has 4 aromatic rings. The molecule has 0 unspecified atom stereocenters. The lowest BCUT2D eigenvalue weighted by molar-refractivity contribution is -0.142. The van der Waals surface area contributed by atoms with Crippen molar-refractivity contribution < 1.29 is 28.7 Å². The van der Waals surface area contributed by atoms with Crippen molar-refractivity contribution >= 4 is 12.1 Å². The van der Waals surface area contributed by atoms with Crippen molar-refractivity contribution in [3.8, 4) is 23.0 Å². The number of carboxylic acid groups (broad SMARTS) is 1. The third-order valence-electron chi connectivity index (χ3n) is 6.24. The topological polar surface area (TPSA) is 115 Å². The van der Waals surface area contributed by atoms with E-state index < -0.39 is 18.0 Å². The molecule has 1 N–H and O–H groups in total. The number of rotatable bonds is 8.